The molecule has 0 amide bonds. The summed E-state index contributed by atoms with van der Waals surface area (Å²) in [4.78, 5) is 10.7. The highest BCUT2D eigenvalue weighted by atomic mass is 32.1. The lowest BCUT2D eigenvalue weighted by Gasteiger charge is -1.88. The van der Waals surface area contributed by atoms with E-state index in [4.69, 9.17) is 0 Å². The molecule has 0 radical (unpaired) electrons. The van der Waals surface area contributed by atoms with Gasteiger partial charge in [0.05, 0.1) is 0 Å². The van der Waals surface area contributed by atoms with E-state index < -0.39 is 0 Å². The Morgan fingerprint density at radius 1 is 1.67 bits per heavy atom. The highest BCUT2D eigenvalue weighted by molar-refractivity contribution is 7.83. The maximum Gasteiger partial charge on any atom is 0.156 e. The van der Waals surface area contributed by atoms with Crippen LogP contribution in [0.4, 0.5) is 0 Å². The Bertz CT molecular complexity index is 107. The van der Waals surface area contributed by atoms with Crippen molar-refractivity contribution in [2.45, 2.75) is 26.2 Å². The van der Waals surface area contributed by atoms with Crippen molar-refractivity contribution in [3.63, 3.8) is 0 Å². The molecule has 1 nitrogen and oxygen atoms in total. The predicted octanol–water partition coefficient (Wildman–Crippen LogP) is 2.19. The van der Waals surface area contributed by atoms with Crippen molar-refractivity contribution < 1.29 is 4.79 Å². The molecule has 0 aromatic heterocycles. The van der Waals surface area contributed by atoms with E-state index in [-0.39, 0.29) is 5.78 Å². The van der Waals surface area contributed by atoms with Crippen molar-refractivity contribution in [2.24, 2.45) is 0 Å². The van der Waals surface area contributed by atoms with E-state index in [0.29, 0.717) is 6.42 Å². The zero-order chi connectivity index (χ0) is 7.11. The van der Waals surface area contributed by atoms with Crippen molar-refractivity contribution in [1.82, 2.24) is 0 Å². The molecule has 0 fully saturated rings. The van der Waals surface area contributed by atoms with Crippen molar-refractivity contribution in [3.05, 3.63) is 11.5 Å². The van der Waals surface area contributed by atoms with Crippen LogP contribution in [0.5, 0.6) is 0 Å². The van der Waals surface area contributed by atoms with Gasteiger partial charge in [-0.2, -0.15) is 12.6 Å². The maximum atomic E-state index is 10.7. The second kappa shape index (κ2) is 5.89. The Kier molecular flexibility index (Phi) is 5.73. The number of hydrogen-bond acceptors (Lipinski definition) is 2. The molecule has 0 N–H and O–H groups in total. The zero-order valence-corrected chi connectivity index (χ0v) is 6.53. The molecule has 0 saturated heterocycles. The van der Waals surface area contributed by atoms with Crippen LogP contribution in [-0.2, 0) is 4.79 Å². The van der Waals surface area contributed by atoms with Gasteiger partial charge in [-0.05, 0) is 17.9 Å². The molecule has 0 aliphatic heterocycles. The average Bonchev–Trinajstić information content (AvgIpc) is 1.85. The van der Waals surface area contributed by atoms with Gasteiger partial charge in [-0.3, -0.25) is 4.79 Å². The van der Waals surface area contributed by atoms with Gasteiger partial charge in [-0.25, -0.2) is 0 Å². The van der Waals surface area contributed by atoms with Gasteiger partial charge in [0.2, 0.25) is 0 Å². The van der Waals surface area contributed by atoms with Crippen LogP contribution in [0, 0.1) is 0 Å². The molecular formula is C7H12OS. The lowest BCUT2D eigenvalue weighted by molar-refractivity contribution is -0.114. The average molecular weight is 144 g/mol. The third-order valence-corrected chi connectivity index (χ3v) is 1.19. The van der Waals surface area contributed by atoms with Gasteiger partial charge in [-0.1, -0.05) is 13.3 Å². The van der Waals surface area contributed by atoms with Crippen LogP contribution in [0.15, 0.2) is 11.5 Å². The number of carbonyl (C=O) groups is 1. The molecule has 2 heteroatoms. The van der Waals surface area contributed by atoms with Crippen LogP contribution < -0.4 is 0 Å². The summed E-state index contributed by atoms with van der Waals surface area (Å²) in [5.41, 5.74) is 0. The second-order valence-electron chi connectivity index (χ2n) is 1.89. The molecule has 0 heterocycles. The van der Waals surface area contributed by atoms with Crippen LogP contribution in [0.25, 0.3) is 0 Å². The minimum Gasteiger partial charge on any atom is -0.295 e. The largest absolute Gasteiger partial charge is 0.295 e. The summed E-state index contributed by atoms with van der Waals surface area (Å²) in [6.45, 7) is 2.07. The van der Waals surface area contributed by atoms with Crippen LogP contribution in [0.1, 0.15) is 26.2 Å². The second-order valence-corrected chi connectivity index (χ2v) is 2.18. The standard InChI is InChI=1S/C7H12OS/c1-2-3-4-7(8)5-6-9/h5-6,9H,2-4H2,1H3/b6-5+. The van der Waals surface area contributed by atoms with Gasteiger partial charge in [-0.15, -0.1) is 0 Å². The molecular weight excluding hydrogens is 132 g/mol. The Labute approximate surface area is 61.6 Å². The first-order valence-corrected chi connectivity index (χ1v) is 3.66. The first-order valence-electron chi connectivity index (χ1n) is 3.14. The number of hydrogen-bond donors (Lipinski definition) is 1. The normalized spacial score (nSPS) is 10.4. The quantitative estimate of drug-likeness (QED) is 0.473. The summed E-state index contributed by atoms with van der Waals surface area (Å²) < 4.78 is 0. The molecule has 0 spiro atoms. The van der Waals surface area contributed by atoms with E-state index in [1.165, 1.54) is 11.5 Å². The van der Waals surface area contributed by atoms with Gasteiger partial charge in [0.1, 0.15) is 0 Å². The van der Waals surface area contributed by atoms with Crippen LogP contribution in [0.3, 0.4) is 0 Å². The highest BCUT2D eigenvalue weighted by Crippen LogP contribution is 1.96. The van der Waals surface area contributed by atoms with Crippen LogP contribution in [0.2, 0.25) is 0 Å². The topological polar surface area (TPSA) is 17.1 Å². The van der Waals surface area contributed by atoms with Crippen molar-refractivity contribution in [3.8, 4) is 0 Å². The van der Waals surface area contributed by atoms with E-state index in [1.807, 2.05) is 0 Å². The number of unbranched alkanes of at least 4 members (excludes halogenated alkanes) is 1. The Morgan fingerprint density at radius 3 is 2.78 bits per heavy atom. The molecule has 9 heavy (non-hydrogen) atoms. The Morgan fingerprint density at radius 2 is 2.33 bits per heavy atom. The van der Waals surface area contributed by atoms with E-state index in [1.54, 1.807) is 0 Å². The van der Waals surface area contributed by atoms with Crippen molar-refractivity contribution in [2.75, 3.05) is 0 Å². The lowest BCUT2D eigenvalue weighted by atomic mass is 10.2. The minimum absolute atomic E-state index is 0.173. The zero-order valence-electron chi connectivity index (χ0n) is 5.63. The van der Waals surface area contributed by atoms with Crippen molar-refractivity contribution >= 4 is 18.4 Å². The SMILES string of the molecule is CCCCC(=O)/C=C/S. The molecule has 0 unspecified atom stereocenters. The molecule has 0 aliphatic rings. The fourth-order valence-corrected chi connectivity index (χ4v) is 0.684. The smallest absolute Gasteiger partial charge is 0.156 e. The Balaban J connectivity index is 3.27. The van der Waals surface area contributed by atoms with Gasteiger partial charge >= 0.3 is 0 Å². The molecule has 0 aromatic rings. The van der Waals surface area contributed by atoms with Crippen LogP contribution in [-0.4, -0.2) is 5.78 Å². The molecule has 0 rings (SSSR count). The lowest BCUT2D eigenvalue weighted by Crippen LogP contribution is -1.89. The Hall–Kier alpha value is -0.240. The third-order valence-electron chi connectivity index (χ3n) is 1.04. The van der Waals surface area contributed by atoms with E-state index in [9.17, 15) is 4.79 Å². The van der Waals surface area contributed by atoms with E-state index in [0.717, 1.165) is 12.8 Å². The van der Waals surface area contributed by atoms with Gasteiger partial charge in [0.15, 0.2) is 5.78 Å². The first-order chi connectivity index (χ1) is 4.31. The number of allylic oxidation sites excluding steroid dienone is 1. The molecule has 0 aromatic carbocycles. The summed E-state index contributed by atoms with van der Waals surface area (Å²) in [5.74, 6) is 0.173. The number of thiol groups is 1. The summed E-state index contributed by atoms with van der Waals surface area (Å²) >= 11 is 3.78. The van der Waals surface area contributed by atoms with Crippen molar-refractivity contribution in [1.29, 1.82) is 0 Å². The monoisotopic (exact) mass is 144 g/mol. The summed E-state index contributed by atoms with van der Waals surface area (Å²) in [6, 6.07) is 0. The highest BCUT2D eigenvalue weighted by Gasteiger charge is 1.92. The molecule has 0 saturated carbocycles. The summed E-state index contributed by atoms with van der Waals surface area (Å²) in [5, 5.41) is 1.48. The number of ketones is 1. The fourth-order valence-electron chi connectivity index (χ4n) is 0.517. The predicted molar refractivity (Wildman–Crippen MR) is 42.7 cm³/mol. The minimum atomic E-state index is 0.173. The first kappa shape index (κ1) is 8.76. The molecule has 52 valence electrons. The third kappa shape index (κ3) is 5.63. The van der Waals surface area contributed by atoms with Gasteiger partial charge < -0.3 is 0 Å². The summed E-state index contributed by atoms with van der Waals surface area (Å²) in [6.07, 6.45) is 4.22. The molecule has 0 bridgehead atoms. The summed E-state index contributed by atoms with van der Waals surface area (Å²) in [7, 11) is 0. The van der Waals surface area contributed by atoms with Gasteiger partial charge in [0.25, 0.3) is 0 Å². The number of rotatable bonds is 4. The molecule has 0 atom stereocenters. The molecule has 0 aliphatic carbocycles. The maximum absolute atomic E-state index is 10.7. The van der Waals surface area contributed by atoms with E-state index in [2.05, 4.69) is 19.6 Å². The van der Waals surface area contributed by atoms with Crippen LogP contribution >= 0.6 is 12.6 Å². The van der Waals surface area contributed by atoms with E-state index >= 15 is 0 Å². The number of carbonyl (C=O) groups excluding carboxylic acids is 1. The fraction of sp³-hybridized carbons (Fsp3) is 0.571. The van der Waals surface area contributed by atoms with Gasteiger partial charge in [0, 0.05) is 6.42 Å².